The van der Waals surface area contributed by atoms with E-state index in [0.717, 1.165) is 10.5 Å². The van der Waals surface area contributed by atoms with Crippen molar-refractivity contribution in [1.29, 1.82) is 0 Å². The third-order valence-corrected chi connectivity index (χ3v) is 4.53. The van der Waals surface area contributed by atoms with E-state index in [1.54, 1.807) is 7.05 Å². The molecule has 0 saturated carbocycles. The van der Waals surface area contributed by atoms with Crippen LogP contribution in [0, 0.1) is 0 Å². The van der Waals surface area contributed by atoms with Crippen molar-refractivity contribution in [3.05, 3.63) is 83.4 Å². The molecule has 7 nitrogen and oxygen atoms in total. The molecule has 0 aromatic heterocycles. The van der Waals surface area contributed by atoms with E-state index in [1.807, 2.05) is 30.3 Å². The van der Waals surface area contributed by atoms with E-state index < -0.39 is 24.4 Å². The van der Waals surface area contributed by atoms with Gasteiger partial charge >= 0.3 is 5.97 Å². The molecule has 1 aliphatic heterocycles. The van der Waals surface area contributed by atoms with E-state index in [-0.39, 0.29) is 29.1 Å². The maximum Gasteiger partial charge on any atom is 0.338 e. The number of hydrogen-bond acceptors (Lipinski definition) is 5. The summed E-state index contributed by atoms with van der Waals surface area (Å²) < 4.78 is 5.09. The number of carbonyl (C=O) groups is 4. The third kappa shape index (κ3) is 4.24. The number of likely N-dealkylation sites (N-methyl/N-ethyl adjacent to an activating group) is 1. The minimum atomic E-state index is -0.739. The second-order valence-corrected chi connectivity index (χ2v) is 6.58. The van der Waals surface area contributed by atoms with Crippen molar-refractivity contribution >= 4 is 23.7 Å². The van der Waals surface area contributed by atoms with Crippen molar-refractivity contribution in [2.24, 2.45) is 0 Å². The first-order chi connectivity index (χ1) is 13.9. The van der Waals surface area contributed by atoms with Crippen LogP contribution in [0.1, 0.15) is 36.6 Å². The van der Waals surface area contributed by atoms with Crippen LogP contribution in [0.5, 0.6) is 0 Å². The van der Waals surface area contributed by atoms with Crippen LogP contribution >= 0.6 is 0 Å². The molecule has 0 fully saturated rings. The minimum Gasteiger partial charge on any atom is -0.452 e. The molecule has 0 radical (unpaired) electrons. The summed E-state index contributed by atoms with van der Waals surface area (Å²) in [6.07, 6.45) is 1.45. The van der Waals surface area contributed by atoms with Gasteiger partial charge in [-0.1, -0.05) is 36.4 Å². The maximum absolute atomic E-state index is 12.3. The fraction of sp³-hybridized carbons (Fsp3) is 0.182. The Balaban J connectivity index is 1.62. The highest BCUT2D eigenvalue weighted by Gasteiger charge is 2.35. The SMILES string of the molecule is C=CCN1C(=O)c2ccc(C(=O)OCC(=O)N(C)Cc3ccccc3)cc2C1=O. The fourth-order valence-corrected chi connectivity index (χ4v) is 2.98. The molecule has 2 aromatic carbocycles. The Bertz CT molecular complexity index is 984. The highest BCUT2D eigenvalue weighted by atomic mass is 16.5. The number of imide groups is 1. The summed E-state index contributed by atoms with van der Waals surface area (Å²) >= 11 is 0. The zero-order chi connectivity index (χ0) is 21.0. The van der Waals surface area contributed by atoms with Gasteiger partial charge in [0.25, 0.3) is 17.7 Å². The largest absolute Gasteiger partial charge is 0.452 e. The average Bonchev–Trinajstić information content (AvgIpc) is 2.97. The quantitative estimate of drug-likeness (QED) is 0.410. The van der Waals surface area contributed by atoms with Gasteiger partial charge in [0.2, 0.25) is 0 Å². The van der Waals surface area contributed by atoms with Crippen LogP contribution in [0.3, 0.4) is 0 Å². The number of benzene rings is 2. The molecule has 2 aromatic rings. The Labute approximate surface area is 168 Å². The van der Waals surface area contributed by atoms with Gasteiger partial charge in [-0.3, -0.25) is 19.3 Å². The number of nitrogens with zero attached hydrogens (tertiary/aromatic N) is 2. The van der Waals surface area contributed by atoms with Gasteiger partial charge in [-0.15, -0.1) is 6.58 Å². The van der Waals surface area contributed by atoms with Gasteiger partial charge in [0.15, 0.2) is 6.61 Å². The fourth-order valence-electron chi connectivity index (χ4n) is 2.98. The lowest BCUT2D eigenvalue weighted by molar-refractivity contribution is -0.133. The summed E-state index contributed by atoms with van der Waals surface area (Å²) in [4.78, 5) is 51.6. The zero-order valence-corrected chi connectivity index (χ0v) is 16.0. The molecule has 0 unspecified atom stereocenters. The molecule has 29 heavy (non-hydrogen) atoms. The van der Waals surface area contributed by atoms with Crippen molar-refractivity contribution in [1.82, 2.24) is 9.80 Å². The lowest BCUT2D eigenvalue weighted by atomic mass is 10.1. The average molecular weight is 392 g/mol. The number of esters is 1. The molecular weight excluding hydrogens is 372 g/mol. The van der Waals surface area contributed by atoms with Crippen LogP contribution in [0.2, 0.25) is 0 Å². The molecule has 0 N–H and O–H groups in total. The molecule has 0 bridgehead atoms. The first-order valence-corrected chi connectivity index (χ1v) is 8.98. The Morgan fingerprint density at radius 1 is 1.07 bits per heavy atom. The molecule has 148 valence electrons. The smallest absolute Gasteiger partial charge is 0.338 e. The Kier molecular flexibility index (Phi) is 5.87. The molecule has 0 atom stereocenters. The Hall–Kier alpha value is -3.74. The number of hydrogen-bond donors (Lipinski definition) is 0. The summed E-state index contributed by atoms with van der Waals surface area (Å²) in [5.41, 5.74) is 1.43. The Morgan fingerprint density at radius 2 is 1.76 bits per heavy atom. The van der Waals surface area contributed by atoms with E-state index in [9.17, 15) is 19.2 Å². The lowest BCUT2D eigenvalue weighted by Gasteiger charge is -2.17. The molecule has 0 spiro atoms. The molecule has 0 saturated heterocycles. The normalized spacial score (nSPS) is 12.5. The summed E-state index contributed by atoms with van der Waals surface area (Å²) in [7, 11) is 1.62. The van der Waals surface area contributed by atoms with Crippen molar-refractivity contribution in [2.75, 3.05) is 20.2 Å². The second-order valence-electron chi connectivity index (χ2n) is 6.58. The van der Waals surface area contributed by atoms with Gasteiger partial charge in [-0.2, -0.15) is 0 Å². The molecule has 1 aliphatic rings. The minimum absolute atomic E-state index is 0.0916. The van der Waals surface area contributed by atoms with Gasteiger partial charge in [0.05, 0.1) is 16.7 Å². The van der Waals surface area contributed by atoms with Crippen LogP contribution in [-0.4, -0.2) is 53.7 Å². The van der Waals surface area contributed by atoms with E-state index >= 15 is 0 Å². The Morgan fingerprint density at radius 3 is 2.45 bits per heavy atom. The van der Waals surface area contributed by atoms with Crippen molar-refractivity contribution < 1.29 is 23.9 Å². The maximum atomic E-state index is 12.3. The lowest BCUT2D eigenvalue weighted by Crippen LogP contribution is -2.30. The molecule has 3 rings (SSSR count). The number of ether oxygens (including phenoxy) is 1. The summed E-state index contributed by atoms with van der Waals surface area (Å²) in [5.74, 6) is -2.01. The standard InChI is InChI=1S/C22H20N2O5/c1-3-11-24-20(26)17-10-9-16(12-18(17)21(24)27)22(28)29-14-19(25)23(2)13-15-7-5-4-6-8-15/h3-10,12H,1,11,13-14H2,2H3. The van der Waals surface area contributed by atoms with E-state index in [2.05, 4.69) is 6.58 Å². The summed E-state index contributed by atoms with van der Waals surface area (Å²) in [6, 6.07) is 13.6. The molecular formula is C22H20N2O5. The zero-order valence-electron chi connectivity index (χ0n) is 16.0. The molecule has 0 aliphatic carbocycles. The van der Waals surface area contributed by atoms with Crippen LogP contribution < -0.4 is 0 Å². The van der Waals surface area contributed by atoms with Crippen LogP contribution in [0.15, 0.2) is 61.2 Å². The molecule has 3 amide bonds. The van der Waals surface area contributed by atoms with E-state index in [4.69, 9.17) is 4.74 Å². The third-order valence-electron chi connectivity index (χ3n) is 4.53. The number of carbonyl (C=O) groups excluding carboxylic acids is 4. The van der Waals surface area contributed by atoms with Crippen molar-refractivity contribution in [2.45, 2.75) is 6.54 Å². The summed E-state index contributed by atoms with van der Waals surface area (Å²) in [6.45, 7) is 3.59. The molecule has 1 heterocycles. The second kappa shape index (κ2) is 8.52. The van der Waals surface area contributed by atoms with Gasteiger partial charge in [0, 0.05) is 20.1 Å². The van der Waals surface area contributed by atoms with Crippen LogP contribution in [0.25, 0.3) is 0 Å². The van der Waals surface area contributed by atoms with Crippen molar-refractivity contribution in [3.8, 4) is 0 Å². The van der Waals surface area contributed by atoms with Gasteiger partial charge in [0.1, 0.15) is 0 Å². The van der Waals surface area contributed by atoms with Crippen molar-refractivity contribution in [3.63, 3.8) is 0 Å². The van der Waals surface area contributed by atoms with Gasteiger partial charge in [-0.05, 0) is 23.8 Å². The van der Waals surface area contributed by atoms with E-state index in [1.165, 1.54) is 29.2 Å². The first-order valence-electron chi connectivity index (χ1n) is 8.98. The van der Waals surface area contributed by atoms with Crippen LogP contribution in [0.4, 0.5) is 0 Å². The monoisotopic (exact) mass is 392 g/mol. The predicted octanol–water partition coefficient (Wildman–Crippen LogP) is 2.28. The van der Waals surface area contributed by atoms with Gasteiger partial charge < -0.3 is 9.64 Å². The highest BCUT2D eigenvalue weighted by Crippen LogP contribution is 2.24. The van der Waals surface area contributed by atoms with Gasteiger partial charge in [-0.25, -0.2) is 4.79 Å². The highest BCUT2D eigenvalue weighted by molar-refractivity contribution is 6.22. The van der Waals surface area contributed by atoms with Crippen LogP contribution in [-0.2, 0) is 16.1 Å². The first kappa shape index (κ1) is 20.0. The number of fused-ring (bicyclic) bond motifs is 1. The topological polar surface area (TPSA) is 84.0 Å². The number of rotatable bonds is 7. The number of amides is 3. The summed E-state index contributed by atoms with van der Waals surface area (Å²) in [5, 5.41) is 0. The predicted molar refractivity (Wildman–Crippen MR) is 105 cm³/mol. The molecule has 7 heteroatoms. The van der Waals surface area contributed by atoms with E-state index in [0.29, 0.717) is 6.54 Å².